The molecule has 0 amide bonds. The monoisotopic (exact) mass is 423 g/mol. The van der Waals surface area contributed by atoms with Crippen molar-refractivity contribution >= 4 is 29.9 Å². The van der Waals surface area contributed by atoms with Gasteiger partial charge in [-0.2, -0.15) is 0 Å². The lowest BCUT2D eigenvalue weighted by molar-refractivity contribution is -0.0395. The third-order valence-electron chi connectivity index (χ3n) is 5.44. The molecule has 1 unspecified atom stereocenters. The molecule has 2 N–H and O–H groups in total. The van der Waals surface area contributed by atoms with Crippen LogP contribution in [0.4, 0.5) is 0 Å². The Kier molecular flexibility index (Phi) is 6.36. The first-order chi connectivity index (χ1) is 10.1. The van der Waals surface area contributed by atoms with Crippen LogP contribution in [0, 0.1) is 5.41 Å². The SMILES string of the molecule is CN=C(NCC1(O)CCC1)N1CCCC2(CCCOC2)C1.I. The zero-order chi connectivity index (χ0) is 14.8. The number of ether oxygens (including phenoxy) is 1. The van der Waals surface area contributed by atoms with E-state index in [4.69, 9.17) is 4.74 Å². The number of piperidine rings is 1. The van der Waals surface area contributed by atoms with Crippen LogP contribution in [-0.2, 0) is 4.74 Å². The maximum atomic E-state index is 10.2. The van der Waals surface area contributed by atoms with Gasteiger partial charge in [-0.1, -0.05) is 0 Å². The van der Waals surface area contributed by atoms with Gasteiger partial charge in [-0.15, -0.1) is 24.0 Å². The Morgan fingerprint density at radius 3 is 2.59 bits per heavy atom. The highest BCUT2D eigenvalue weighted by atomic mass is 127. The smallest absolute Gasteiger partial charge is 0.193 e. The Labute approximate surface area is 150 Å². The molecule has 0 bridgehead atoms. The van der Waals surface area contributed by atoms with Crippen molar-refractivity contribution in [2.45, 2.75) is 50.5 Å². The fourth-order valence-corrected chi connectivity index (χ4v) is 3.96. The summed E-state index contributed by atoms with van der Waals surface area (Å²) < 4.78 is 5.74. The maximum Gasteiger partial charge on any atom is 0.193 e. The van der Waals surface area contributed by atoms with Crippen LogP contribution in [0.5, 0.6) is 0 Å². The molecule has 2 heterocycles. The molecule has 3 rings (SSSR count). The molecule has 0 aromatic heterocycles. The number of hydrogen-bond acceptors (Lipinski definition) is 3. The Morgan fingerprint density at radius 2 is 2.00 bits per heavy atom. The van der Waals surface area contributed by atoms with Gasteiger partial charge >= 0.3 is 0 Å². The normalized spacial score (nSPS) is 31.4. The number of rotatable bonds is 2. The first-order valence-corrected chi connectivity index (χ1v) is 8.41. The van der Waals surface area contributed by atoms with E-state index in [1.165, 1.54) is 25.7 Å². The zero-order valence-electron chi connectivity index (χ0n) is 13.6. The summed E-state index contributed by atoms with van der Waals surface area (Å²) in [5.74, 6) is 0.944. The van der Waals surface area contributed by atoms with E-state index in [9.17, 15) is 5.11 Å². The molecule has 5 nitrogen and oxygen atoms in total. The fourth-order valence-electron chi connectivity index (χ4n) is 3.96. The summed E-state index contributed by atoms with van der Waals surface area (Å²) in [6, 6.07) is 0. The van der Waals surface area contributed by atoms with E-state index in [0.717, 1.165) is 51.5 Å². The van der Waals surface area contributed by atoms with Gasteiger partial charge < -0.3 is 20.1 Å². The summed E-state index contributed by atoms with van der Waals surface area (Å²) in [5, 5.41) is 13.6. The highest BCUT2D eigenvalue weighted by Gasteiger charge is 2.39. The van der Waals surface area contributed by atoms with Crippen molar-refractivity contribution in [1.29, 1.82) is 0 Å². The number of nitrogens with one attached hydrogen (secondary N) is 1. The molecule has 1 aliphatic carbocycles. The summed E-state index contributed by atoms with van der Waals surface area (Å²) >= 11 is 0. The van der Waals surface area contributed by atoms with E-state index >= 15 is 0 Å². The van der Waals surface area contributed by atoms with E-state index in [1.807, 2.05) is 7.05 Å². The number of likely N-dealkylation sites (tertiary alicyclic amines) is 1. The maximum absolute atomic E-state index is 10.2. The molecule has 2 saturated heterocycles. The van der Waals surface area contributed by atoms with Crippen molar-refractivity contribution in [3.63, 3.8) is 0 Å². The first kappa shape index (κ1) is 18.3. The van der Waals surface area contributed by atoms with Gasteiger partial charge in [-0.05, 0) is 44.9 Å². The van der Waals surface area contributed by atoms with E-state index in [1.54, 1.807) is 0 Å². The molecular weight excluding hydrogens is 393 g/mol. The van der Waals surface area contributed by atoms with Gasteiger partial charge in [0.1, 0.15) is 0 Å². The predicted molar refractivity (Wildman–Crippen MR) is 98.9 cm³/mol. The number of nitrogens with zero attached hydrogens (tertiary/aromatic N) is 2. The van der Waals surface area contributed by atoms with Crippen molar-refractivity contribution in [1.82, 2.24) is 10.2 Å². The lowest BCUT2D eigenvalue weighted by Crippen LogP contribution is -2.56. The molecule has 0 radical (unpaired) electrons. The molecule has 128 valence electrons. The van der Waals surface area contributed by atoms with E-state index in [-0.39, 0.29) is 24.0 Å². The second kappa shape index (κ2) is 7.66. The van der Waals surface area contributed by atoms with Crippen molar-refractivity contribution in [3.05, 3.63) is 0 Å². The molecule has 0 aromatic carbocycles. The van der Waals surface area contributed by atoms with Crippen LogP contribution < -0.4 is 5.32 Å². The van der Waals surface area contributed by atoms with Crippen LogP contribution in [0.15, 0.2) is 4.99 Å². The minimum absolute atomic E-state index is 0. The van der Waals surface area contributed by atoms with Gasteiger partial charge in [0, 0.05) is 38.7 Å². The zero-order valence-corrected chi connectivity index (χ0v) is 16.0. The van der Waals surface area contributed by atoms with Crippen LogP contribution in [0.1, 0.15) is 44.9 Å². The lowest BCUT2D eigenvalue weighted by atomic mass is 9.76. The van der Waals surface area contributed by atoms with Crippen LogP contribution in [0.3, 0.4) is 0 Å². The van der Waals surface area contributed by atoms with Crippen LogP contribution in [-0.4, -0.2) is 61.5 Å². The van der Waals surface area contributed by atoms with Gasteiger partial charge in [-0.3, -0.25) is 4.99 Å². The summed E-state index contributed by atoms with van der Waals surface area (Å²) in [7, 11) is 1.84. The second-order valence-corrected chi connectivity index (χ2v) is 7.16. The summed E-state index contributed by atoms with van der Waals surface area (Å²) in [5.41, 5.74) is -0.182. The Bertz CT molecular complexity index is 387. The topological polar surface area (TPSA) is 57.1 Å². The molecule has 1 saturated carbocycles. The average molecular weight is 423 g/mol. The van der Waals surface area contributed by atoms with Crippen molar-refractivity contribution in [3.8, 4) is 0 Å². The minimum Gasteiger partial charge on any atom is -0.388 e. The second-order valence-electron chi connectivity index (χ2n) is 7.16. The number of hydrogen-bond donors (Lipinski definition) is 2. The molecule has 22 heavy (non-hydrogen) atoms. The molecule has 1 atom stereocenters. The fraction of sp³-hybridized carbons (Fsp3) is 0.938. The van der Waals surface area contributed by atoms with Crippen LogP contribution in [0.25, 0.3) is 0 Å². The van der Waals surface area contributed by atoms with Crippen LogP contribution in [0.2, 0.25) is 0 Å². The van der Waals surface area contributed by atoms with Crippen molar-refractivity contribution in [2.24, 2.45) is 10.4 Å². The number of halogens is 1. The molecule has 3 fully saturated rings. The summed E-state index contributed by atoms with van der Waals surface area (Å²) in [6.45, 7) is 4.52. The molecule has 0 aromatic rings. The number of guanidine groups is 1. The molecular formula is C16H30IN3O2. The van der Waals surface area contributed by atoms with Gasteiger partial charge in [-0.25, -0.2) is 0 Å². The van der Waals surface area contributed by atoms with E-state index in [2.05, 4.69) is 15.2 Å². The summed E-state index contributed by atoms with van der Waals surface area (Å²) in [6.07, 6.45) is 7.88. The highest BCUT2D eigenvalue weighted by molar-refractivity contribution is 14.0. The Hall–Kier alpha value is -0.0800. The van der Waals surface area contributed by atoms with Gasteiger partial charge in [0.2, 0.25) is 0 Å². The lowest BCUT2D eigenvalue weighted by Gasteiger charge is -2.46. The van der Waals surface area contributed by atoms with Crippen molar-refractivity contribution < 1.29 is 9.84 Å². The van der Waals surface area contributed by atoms with E-state index < -0.39 is 5.60 Å². The van der Waals surface area contributed by atoms with Gasteiger partial charge in [0.15, 0.2) is 5.96 Å². The van der Waals surface area contributed by atoms with E-state index in [0.29, 0.717) is 12.0 Å². The van der Waals surface area contributed by atoms with Gasteiger partial charge in [0.25, 0.3) is 0 Å². The molecule has 1 spiro atoms. The largest absolute Gasteiger partial charge is 0.388 e. The Morgan fingerprint density at radius 1 is 1.23 bits per heavy atom. The minimum atomic E-state index is -0.503. The number of aliphatic imine (C=N–C) groups is 1. The highest BCUT2D eigenvalue weighted by Crippen LogP contribution is 2.37. The standard InChI is InChI=1S/C16H29N3O2.HI/c1-17-14(18-11-16(20)7-2-8-16)19-9-3-5-15(12-19)6-4-10-21-13-15;/h20H,2-13H2,1H3,(H,17,18);1H. The molecule has 6 heteroatoms. The predicted octanol–water partition coefficient (Wildman–Crippen LogP) is 1.99. The Balaban J connectivity index is 0.00000176. The first-order valence-electron chi connectivity index (χ1n) is 8.41. The van der Waals surface area contributed by atoms with Gasteiger partial charge in [0.05, 0.1) is 12.2 Å². The third kappa shape index (κ3) is 4.06. The van der Waals surface area contributed by atoms with Crippen LogP contribution >= 0.6 is 24.0 Å². The average Bonchev–Trinajstić information content (AvgIpc) is 2.47. The van der Waals surface area contributed by atoms with Crippen molar-refractivity contribution in [2.75, 3.05) is 39.9 Å². The molecule has 3 aliphatic rings. The quantitative estimate of drug-likeness (QED) is 0.405. The summed E-state index contributed by atoms with van der Waals surface area (Å²) in [4.78, 5) is 6.79. The molecule has 2 aliphatic heterocycles. The third-order valence-corrected chi connectivity index (χ3v) is 5.44. The number of aliphatic hydroxyl groups is 1.